The van der Waals surface area contributed by atoms with Crippen LogP contribution in [0.2, 0.25) is 0 Å². The van der Waals surface area contributed by atoms with Gasteiger partial charge in [-0.2, -0.15) is 5.10 Å². The highest BCUT2D eigenvalue weighted by Gasteiger charge is 2.16. The molecule has 1 aromatic carbocycles. The van der Waals surface area contributed by atoms with E-state index in [0.717, 1.165) is 35.7 Å². The number of hydrogen-bond acceptors (Lipinski definition) is 2. The van der Waals surface area contributed by atoms with E-state index < -0.39 is 0 Å². The normalized spacial score (nSPS) is 13.7. The molecule has 1 aliphatic rings. The van der Waals surface area contributed by atoms with Gasteiger partial charge in [-0.05, 0) is 12.5 Å². The summed E-state index contributed by atoms with van der Waals surface area (Å²) in [5, 5.41) is 4.40. The maximum Gasteiger partial charge on any atom is 0.219 e. The summed E-state index contributed by atoms with van der Waals surface area (Å²) in [7, 11) is 0. The summed E-state index contributed by atoms with van der Waals surface area (Å²) in [6, 6.07) is 12.0. The number of allylic oxidation sites excluding steroid dienone is 1. The zero-order chi connectivity index (χ0) is 12.4. The highest BCUT2D eigenvalue weighted by molar-refractivity contribution is 5.64. The van der Waals surface area contributed by atoms with Crippen molar-refractivity contribution in [2.45, 2.75) is 19.8 Å². The van der Waals surface area contributed by atoms with Crippen molar-refractivity contribution in [3.05, 3.63) is 60.3 Å². The van der Waals surface area contributed by atoms with E-state index in [1.807, 2.05) is 42.5 Å². The third-order valence-electron chi connectivity index (χ3n) is 2.82. The SMILES string of the molecule is CCCc1cc2n(n1)[C]C=C(c1ccccc1)O2. The fourth-order valence-corrected chi connectivity index (χ4v) is 1.96. The van der Waals surface area contributed by atoms with Gasteiger partial charge in [0.25, 0.3) is 0 Å². The van der Waals surface area contributed by atoms with Crippen LogP contribution in [0.25, 0.3) is 5.76 Å². The number of rotatable bonds is 3. The molecule has 18 heavy (non-hydrogen) atoms. The van der Waals surface area contributed by atoms with Crippen molar-refractivity contribution in [1.29, 1.82) is 0 Å². The van der Waals surface area contributed by atoms with Gasteiger partial charge in [-0.25, -0.2) is 4.68 Å². The largest absolute Gasteiger partial charge is 0.439 e. The number of hydrogen-bond donors (Lipinski definition) is 0. The van der Waals surface area contributed by atoms with E-state index in [1.54, 1.807) is 4.68 Å². The first kappa shape index (κ1) is 11.1. The summed E-state index contributed by atoms with van der Waals surface area (Å²) in [5.74, 6) is 1.55. The van der Waals surface area contributed by atoms with Crippen molar-refractivity contribution in [3.8, 4) is 5.88 Å². The minimum Gasteiger partial charge on any atom is -0.439 e. The Morgan fingerprint density at radius 2 is 2.11 bits per heavy atom. The fraction of sp³-hybridized carbons (Fsp3) is 0.200. The summed E-state index contributed by atoms with van der Waals surface area (Å²) < 4.78 is 7.51. The third-order valence-corrected chi connectivity index (χ3v) is 2.82. The number of aromatic nitrogens is 2. The van der Waals surface area contributed by atoms with Crippen LogP contribution in [-0.2, 0) is 6.42 Å². The molecule has 3 nitrogen and oxygen atoms in total. The number of fused-ring (bicyclic) bond motifs is 1. The quantitative estimate of drug-likeness (QED) is 0.821. The molecule has 0 bridgehead atoms. The van der Waals surface area contributed by atoms with Crippen molar-refractivity contribution in [2.24, 2.45) is 0 Å². The topological polar surface area (TPSA) is 27.1 Å². The Kier molecular flexibility index (Phi) is 2.89. The Hall–Kier alpha value is -2.03. The molecule has 90 valence electrons. The van der Waals surface area contributed by atoms with Crippen molar-refractivity contribution in [1.82, 2.24) is 9.78 Å². The van der Waals surface area contributed by atoms with E-state index in [9.17, 15) is 0 Å². The van der Waals surface area contributed by atoms with Crippen molar-refractivity contribution < 1.29 is 4.74 Å². The molecule has 1 aromatic heterocycles. The summed E-state index contributed by atoms with van der Waals surface area (Å²) in [4.78, 5) is 0. The Morgan fingerprint density at radius 1 is 1.28 bits per heavy atom. The minimum absolute atomic E-state index is 0.736. The van der Waals surface area contributed by atoms with Crippen molar-refractivity contribution >= 4 is 5.76 Å². The lowest BCUT2D eigenvalue weighted by atomic mass is 10.2. The molecule has 0 spiro atoms. The zero-order valence-corrected chi connectivity index (χ0v) is 10.3. The first-order valence-corrected chi connectivity index (χ1v) is 6.16. The summed E-state index contributed by atoms with van der Waals surface area (Å²) in [5.41, 5.74) is 2.09. The molecule has 3 rings (SSSR count). The van der Waals surface area contributed by atoms with Crippen LogP contribution in [0.1, 0.15) is 24.6 Å². The van der Waals surface area contributed by atoms with Crippen LogP contribution in [0, 0.1) is 6.54 Å². The van der Waals surface area contributed by atoms with Gasteiger partial charge >= 0.3 is 0 Å². The first-order valence-electron chi connectivity index (χ1n) is 6.16. The van der Waals surface area contributed by atoms with E-state index in [4.69, 9.17) is 4.74 Å². The maximum atomic E-state index is 5.84. The van der Waals surface area contributed by atoms with Gasteiger partial charge in [0, 0.05) is 11.6 Å². The van der Waals surface area contributed by atoms with Crippen LogP contribution >= 0.6 is 0 Å². The van der Waals surface area contributed by atoms with E-state index in [1.165, 1.54) is 0 Å². The average Bonchev–Trinajstić information content (AvgIpc) is 2.81. The number of nitrogens with zero attached hydrogens (tertiary/aromatic N) is 2. The second kappa shape index (κ2) is 4.69. The number of aryl methyl sites for hydroxylation is 1. The Bertz CT molecular complexity index is 569. The maximum absolute atomic E-state index is 5.84. The molecule has 0 saturated carbocycles. The van der Waals surface area contributed by atoms with Gasteiger partial charge in [-0.3, -0.25) is 0 Å². The molecule has 2 heterocycles. The van der Waals surface area contributed by atoms with Crippen LogP contribution in [0.5, 0.6) is 5.88 Å². The molecule has 0 atom stereocenters. The molecule has 2 radical (unpaired) electrons. The Morgan fingerprint density at radius 3 is 2.89 bits per heavy atom. The average molecular weight is 238 g/mol. The second-order valence-corrected chi connectivity index (χ2v) is 4.24. The third kappa shape index (κ3) is 2.04. The van der Waals surface area contributed by atoms with Crippen molar-refractivity contribution in [3.63, 3.8) is 0 Å². The molecule has 0 fully saturated rings. The predicted molar refractivity (Wildman–Crippen MR) is 69.9 cm³/mol. The van der Waals surface area contributed by atoms with Gasteiger partial charge in [-0.15, -0.1) is 0 Å². The number of ether oxygens (including phenoxy) is 1. The molecule has 0 unspecified atom stereocenters. The molecular weight excluding hydrogens is 224 g/mol. The van der Waals surface area contributed by atoms with Crippen LogP contribution < -0.4 is 4.74 Å². The van der Waals surface area contributed by atoms with Crippen LogP contribution in [-0.4, -0.2) is 9.78 Å². The molecule has 0 aliphatic carbocycles. The van der Waals surface area contributed by atoms with Gasteiger partial charge < -0.3 is 4.74 Å². The lowest BCUT2D eigenvalue weighted by Gasteiger charge is -2.15. The lowest BCUT2D eigenvalue weighted by Crippen LogP contribution is -2.08. The molecule has 2 aromatic rings. The van der Waals surface area contributed by atoms with Crippen molar-refractivity contribution in [2.75, 3.05) is 0 Å². The molecular formula is C15H14N2O. The highest BCUT2D eigenvalue weighted by atomic mass is 16.5. The van der Waals surface area contributed by atoms with E-state index in [-0.39, 0.29) is 0 Å². The highest BCUT2D eigenvalue weighted by Crippen LogP contribution is 2.27. The van der Waals surface area contributed by atoms with Crippen LogP contribution in [0.3, 0.4) is 0 Å². The minimum atomic E-state index is 0.736. The van der Waals surface area contributed by atoms with Gasteiger partial charge in [0.2, 0.25) is 5.88 Å². The summed E-state index contributed by atoms with van der Waals surface area (Å²) in [6.07, 6.45) is 3.87. The van der Waals surface area contributed by atoms with Gasteiger partial charge in [-0.1, -0.05) is 43.7 Å². The van der Waals surface area contributed by atoms with Gasteiger partial charge in [0.15, 0.2) is 6.54 Å². The predicted octanol–water partition coefficient (Wildman–Crippen LogP) is 3.16. The van der Waals surface area contributed by atoms with Gasteiger partial charge in [0.05, 0.1) is 5.69 Å². The lowest BCUT2D eigenvalue weighted by molar-refractivity contribution is 0.452. The van der Waals surface area contributed by atoms with Crippen LogP contribution in [0.4, 0.5) is 0 Å². The second-order valence-electron chi connectivity index (χ2n) is 4.24. The monoisotopic (exact) mass is 238 g/mol. The molecule has 0 amide bonds. The molecule has 1 aliphatic heterocycles. The van der Waals surface area contributed by atoms with E-state index >= 15 is 0 Å². The molecule has 0 saturated heterocycles. The summed E-state index contributed by atoms with van der Waals surface area (Å²) in [6.45, 7) is 5.25. The first-order chi connectivity index (χ1) is 8.86. The smallest absolute Gasteiger partial charge is 0.219 e. The Balaban J connectivity index is 1.84. The molecule has 3 heteroatoms. The van der Waals surface area contributed by atoms with Gasteiger partial charge in [0.1, 0.15) is 5.76 Å². The van der Waals surface area contributed by atoms with E-state index in [0.29, 0.717) is 0 Å². The van der Waals surface area contributed by atoms with E-state index in [2.05, 4.69) is 18.6 Å². The standard InChI is InChI=1S/C15H14N2O/c1-2-6-13-11-15-17(16-13)10-9-14(18-15)12-7-4-3-5-8-12/h3-5,7-9,11H,2,6H2,1H3. The summed E-state index contributed by atoms with van der Waals surface area (Å²) >= 11 is 0. The van der Waals surface area contributed by atoms with Crippen LogP contribution in [0.15, 0.2) is 42.5 Å². The fourth-order valence-electron chi connectivity index (χ4n) is 1.96. The number of benzene rings is 1. The Labute approximate surface area is 107 Å². The zero-order valence-electron chi connectivity index (χ0n) is 10.3. The molecule has 0 N–H and O–H groups in total.